The van der Waals surface area contributed by atoms with Gasteiger partial charge in [-0.05, 0) is 24.3 Å². The number of halogens is 4. The highest BCUT2D eigenvalue weighted by molar-refractivity contribution is 5.79. The summed E-state index contributed by atoms with van der Waals surface area (Å²) in [6.07, 6.45) is 0. The third kappa shape index (κ3) is 1.78. The minimum Gasteiger partial charge on any atom is -0.503 e. The summed E-state index contributed by atoms with van der Waals surface area (Å²) in [5.41, 5.74) is 0.145. The number of aromatic hydroxyl groups is 1. The highest BCUT2D eigenvalue weighted by Crippen LogP contribution is 2.32. The molecule has 0 aliphatic carbocycles. The Morgan fingerprint density at radius 3 is 2.50 bits per heavy atom. The maximum atomic E-state index is 13.7. The van der Waals surface area contributed by atoms with Crippen LogP contribution < -0.4 is 0 Å². The SMILES string of the molecule is Oc1c(F)c(F)cc(-c2nc3ccc(F)cc3[nH]2)c1F. The number of phenolic OH excluding ortho intramolecular Hbond substituents is 1. The Hall–Kier alpha value is -2.57. The third-order valence-electron chi connectivity index (χ3n) is 2.83. The molecule has 102 valence electrons. The van der Waals surface area contributed by atoms with E-state index in [0.29, 0.717) is 11.6 Å². The molecule has 3 aromatic rings. The summed E-state index contributed by atoms with van der Waals surface area (Å²) in [5, 5.41) is 9.16. The van der Waals surface area contributed by atoms with Gasteiger partial charge in [-0.15, -0.1) is 0 Å². The van der Waals surface area contributed by atoms with Crippen LogP contribution in [0.4, 0.5) is 17.6 Å². The topological polar surface area (TPSA) is 48.9 Å². The number of rotatable bonds is 1. The summed E-state index contributed by atoms with van der Waals surface area (Å²) in [6.45, 7) is 0. The summed E-state index contributed by atoms with van der Waals surface area (Å²) >= 11 is 0. The predicted molar refractivity (Wildman–Crippen MR) is 63.0 cm³/mol. The van der Waals surface area contributed by atoms with Crippen LogP contribution in [0.2, 0.25) is 0 Å². The van der Waals surface area contributed by atoms with E-state index in [1.54, 1.807) is 0 Å². The quantitative estimate of drug-likeness (QED) is 0.530. The molecule has 1 aromatic heterocycles. The molecule has 0 atom stereocenters. The highest BCUT2D eigenvalue weighted by atomic mass is 19.2. The van der Waals surface area contributed by atoms with Crippen molar-refractivity contribution < 1.29 is 22.7 Å². The van der Waals surface area contributed by atoms with E-state index < -0.39 is 34.6 Å². The maximum absolute atomic E-state index is 13.7. The maximum Gasteiger partial charge on any atom is 0.203 e. The Morgan fingerprint density at radius 1 is 1.00 bits per heavy atom. The van der Waals surface area contributed by atoms with Gasteiger partial charge in [0.2, 0.25) is 5.82 Å². The average Bonchev–Trinajstić information content (AvgIpc) is 2.83. The zero-order chi connectivity index (χ0) is 14.4. The Labute approximate surface area is 109 Å². The van der Waals surface area contributed by atoms with Gasteiger partial charge in [-0.25, -0.2) is 18.2 Å². The largest absolute Gasteiger partial charge is 0.503 e. The van der Waals surface area contributed by atoms with Crippen molar-refractivity contribution in [3.8, 4) is 17.1 Å². The number of H-pyrrole nitrogens is 1. The van der Waals surface area contributed by atoms with Gasteiger partial charge < -0.3 is 10.1 Å². The Bertz CT molecular complexity index is 829. The molecule has 3 nitrogen and oxygen atoms in total. The van der Waals surface area contributed by atoms with E-state index in [4.69, 9.17) is 5.11 Å². The molecule has 0 aliphatic rings. The molecule has 0 amide bonds. The van der Waals surface area contributed by atoms with E-state index >= 15 is 0 Å². The lowest BCUT2D eigenvalue weighted by molar-refractivity contribution is 0.377. The lowest BCUT2D eigenvalue weighted by Gasteiger charge is -2.03. The van der Waals surface area contributed by atoms with Gasteiger partial charge in [0.25, 0.3) is 0 Å². The van der Waals surface area contributed by atoms with Crippen LogP contribution in [0.15, 0.2) is 24.3 Å². The fourth-order valence-corrected chi connectivity index (χ4v) is 1.87. The van der Waals surface area contributed by atoms with E-state index in [1.807, 2.05) is 0 Å². The van der Waals surface area contributed by atoms with Crippen molar-refractivity contribution in [3.05, 3.63) is 47.5 Å². The van der Waals surface area contributed by atoms with E-state index in [9.17, 15) is 17.6 Å². The van der Waals surface area contributed by atoms with Crippen LogP contribution in [0.3, 0.4) is 0 Å². The molecule has 7 heteroatoms. The van der Waals surface area contributed by atoms with Crippen molar-refractivity contribution >= 4 is 11.0 Å². The first-order valence-electron chi connectivity index (χ1n) is 5.49. The van der Waals surface area contributed by atoms with Crippen LogP contribution in [0.1, 0.15) is 0 Å². The minimum atomic E-state index is -1.67. The van der Waals surface area contributed by atoms with Crippen LogP contribution in [0.25, 0.3) is 22.4 Å². The van der Waals surface area contributed by atoms with Crippen molar-refractivity contribution in [2.45, 2.75) is 0 Å². The van der Waals surface area contributed by atoms with Crippen molar-refractivity contribution in [3.63, 3.8) is 0 Å². The summed E-state index contributed by atoms with van der Waals surface area (Å²) in [5.74, 6) is -6.52. The second-order valence-electron chi connectivity index (χ2n) is 4.13. The second kappa shape index (κ2) is 4.22. The lowest BCUT2D eigenvalue weighted by atomic mass is 10.1. The van der Waals surface area contributed by atoms with Crippen molar-refractivity contribution in [2.24, 2.45) is 0 Å². The second-order valence-corrected chi connectivity index (χ2v) is 4.13. The average molecular weight is 282 g/mol. The van der Waals surface area contributed by atoms with Gasteiger partial charge in [-0.2, -0.15) is 4.39 Å². The number of imidazole rings is 1. The molecule has 0 fully saturated rings. The summed E-state index contributed by atoms with van der Waals surface area (Å²) < 4.78 is 53.0. The molecule has 1 heterocycles. The van der Waals surface area contributed by atoms with Gasteiger partial charge in [0.15, 0.2) is 17.4 Å². The van der Waals surface area contributed by atoms with E-state index in [-0.39, 0.29) is 11.3 Å². The Morgan fingerprint density at radius 2 is 1.75 bits per heavy atom. The highest BCUT2D eigenvalue weighted by Gasteiger charge is 2.21. The van der Waals surface area contributed by atoms with Crippen molar-refractivity contribution in [1.82, 2.24) is 9.97 Å². The van der Waals surface area contributed by atoms with Crippen LogP contribution in [0.5, 0.6) is 5.75 Å². The molecule has 0 spiro atoms. The number of nitrogens with one attached hydrogen (secondary N) is 1. The van der Waals surface area contributed by atoms with E-state index in [2.05, 4.69) is 9.97 Å². The first-order chi connectivity index (χ1) is 9.47. The Kier molecular flexibility index (Phi) is 2.63. The summed E-state index contributed by atoms with van der Waals surface area (Å²) in [7, 11) is 0. The fourth-order valence-electron chi connectivity index (χ4n) is 1.87. The number of aromatic nitrogens is 2. The van der Waals surface area contributed by atoms with Gasteiger partial charge in [0, 0.05) is 0 Å². The van der Waals surface area contributed by atoms with Crippen LogP contribution in [0, 0.1) is 23.3 Å². The van der Waals surface area contributed by atoms with Gasteiger partial charge in [-0.1, -0.05) is 0 Å². The lowest BCUT2D eigenvalue weighted by Crippen LogP contribution is -1.94. The smallest absolute Gasteiger partial charge is 0.203 e. The minimum absolute atomic E-state index is 0.141. The number of aromatic amines is 1. The molecular formula is C13H6F4N2O. The molecule has 0 saturated heterocycles. The molecule has 0 bridgehead atoms. The summed E-state index contributed by atoms with van der Waals surface area (Å²) in [4.78, 5) is 6.51. The first-order valence-corrected chi connectivity index (χ1v) is 5.49. The summed E-state index contributed by atoms with van der Waals surface area (Å²) in [6, 6.07) is 4.20. The molecule has 0 saturated carbocycles. The molecule has 3 rings (SSSR count). The molecule has 0 aliphatic heterocycles. The molecule has 0 unspecified atom stereocenters. The zero-order valence-electron chi connectivity index (χ0n) is 9.72. The van der Waals surface area contributed by atoms with E-state index in [1.165, 1.54) is 6.07 Å². The van der Waals surface area contributed by atoms with Gasteiger partial charge in [0.05, 0.1) is 16.6 Å². The number of nitrogens with zero attached hydrogens (tertiary/aromatic N) is 1. The Balaban J connectivity index is 2.25. The van der Waals surface area contributed by atoms with Gasteiger partial charge >= 0.3 is 0 Å². The number of phenols is 1. The monoisotopic (exact) mass is 282 g/mol. The zero-order valence-corrected chi connectivity index (χ0v) is 9.72. The van der Waals surface area contributed by atoms with Gasteiger partial charge in [0.1, 0.15) is 11.6 Å². The first kappa shape index (κ1) is 12.5. The van der Waals surface area contributed by atoms with Crippen molar-refractivity contribution in [2.75, 3.05) is 0 Å². The third-order valence-corrected chi connectivity index (χ3v) is 2.83. The number of fused-ring (bicyclic) bond motifs is 1. The molecule has 2 aromatic carbocycles. The van der Waals surface area contributed by atoms with Gasteiger partial charge in [-0.3, -0.25) is 0 Å². The number of hydrogen-bond acceptors (Lipinski definition) is 2. The standard InChI is InChI=1S/C13H6F4N2O/c14-5-1-2-8-9(3-5)19-13(18-8)6-4-7(15)11(17)12(20)10(6)16/h1-4,20H,(H,18,19). The molecule has 2 N–H and O–H groups in total. The van der Waals surface area contributed by atoms with Crippen molar-refractivity contribution in [1.29, 1.82) is 0 Å². The predicted octanol–water partition coefficient (Wildman–Crippen LogP) is 3.49. The molecular weight excluding hydrogens is 276 g/mol. The number of benzene rings is 2. The fraction of sp³-hybridized carbons (Fsp3) is 0. The molecule has 0 radical (unpaired) electrons. The van der Waals surface area contributed by atoms with Crippen LogP contribution in [-0.2, 0) is 0 Å². The van der Waals surface area contributed by atoms with Crippen LogP contribution in [-0.4, -0.2) is 15.1 Å². The van der Waals surface area contributed by atoms with Crippen LogP contribution >= 0.6 is 0 Å². The number of hydrogen-bond donors (Lipinski definition) is 2. The normalized spacial score (nSPS) is 11.2. The van der Waals surface area contributed by atoms with E-state index in [0.717, 1.165) is 12.1 Å². The molecule has 20 heavy (non-hydrogen) atoms.